The number of aryl methyl sites for hydroxylation is 1. The lowest BCUT2D eigenvalue weighted by Gasteiger charge is -2.15. The van der Waals surface area contributed by atoms with E-state index < -0.39 is 0 Å². The Morgan fingerprint density at radius 3 is 2.94 bits per heavy atom. The number of anilines is 1. The lowest BCUT2D eigenvalue weighted by atomic mass is 10.0. The van der Waals surface area contributed by atoms with Gasteiger partial charge >= 0.3 is 0 Å². The second-order valence-electron chi connectivity index (χ2n) is 3.97. The zero-order valence-electron chi connectivity index (χ0n) is 10.1. The molecule has 6 heteroatoms. The van der Waals surface area contributed by atoms with Crippen LogP contribution in [0.15, 0.2) is 11.0 Å². The zero-order chi connectivity index (χ0) is 12.8. The van der Waals surface area contributed by atoms with Crippen LogP contribution in [0.4, 0.5) is 5.69 Å². The van der Waals surface area contributed by atoms with Gasteiger partial charge in [-0.05, 0) is 12.3 Å². The fourth-order valence-electron chi connectivity index (χ4n) is 1.52. The van der Waals surface area contributed by atoms with Crippen molar-refractivity contribution in [2.75, 3.05) is 18.5 Å². The first-order chi connectivity index (χ1) is 8.10. The Bertz CT molecular complexity index is 420. The van der Waals surface area contributed by atoms with Crippen LogP contribution in [0.1, 0.15) is 19.8 Å². The van der Waals surface area contributed by atoms with E-state index in [2.05, 4.69) is 17.3 Å². The lowest BCUT2D eigenvalue weighted by Crippen LogP contribution is -2.22. The molecule has 1 aromatic rings. The SMILES string of the molecule is CCC(CCO)CNc1cnn(C)c(=O)c1Cl. The van der Waals surface area contributed by atoms with Gasteiger partial charge in [0, 0.05) is 20.2 Å². The van der Waals surface area contributed by atoms with Crippen LogP contribution in [0.5, 0.6) is 0 Å². The number of halogens is 1. The second kappa shape index (κ2) is 6.61. The maximum absolute atomic E-state index is 11.5. The Labute approximate surface area is 105 Å². The molecule has 0 saturated heterocycles. The van der Waals surface area contributed by atoms with Crippen molar-refractivity contribution >= 4 is 17.3 Å². The smallest absolute Gasteiger partial charge is 0.287 e. The van der Waals surface area contributed by atoms with Crippen LogP contribution in [0.3, 0.4) is 0 Å². The summed E-state index contributed by atoms with van der Waals surface area (Å²) in [6, 6.07) is 0. The fourth-order valence-corrected chi connectivity index (χ4v) is 1.76. The van der Waals surface area contributed by atoms with E-state index in [0.29, 0.717) is 18.2 Å². The molecule has 1 aromatic heterocycles. The summed E-state index contributed by atoms with van der Waals surface area (Å²) < 4.78 is 1.19. The number of hydrogen-bond acceptors (Lipinski definition) is 4. The number of aliphatic hydroxyl groups is 1. The molecule has 1 heterocycles. The first-order valence-electron chi connectivity index (χ1n) is 5.66. The predicted molar refractivity (Wildman–Crippen MR) is 68.5 cm³/mol. The molecular formula is C11H18ClN3O2. The highest BCUT2D eigenvalue weighted by Gasteiger charge is 2.09. The van der Waals surface area contributed by atoms with Crippen molar-refractivity contribution in [1.82, 2.24) is 9.78 Å². The Morgan fingerprint density at radius 1 is 1.65 bits per heavy atom. The number of hydrogen-bond donors (Lipinski definition) is 2. The Morgan fingerprint density at radius 2 is 2.35 bits per heavy atom. The van der Waals surface area contributed by atoms with Crippen LogP contribution in [0.25, 0.3) is 0 Å². The van der Waals surface area contributed by atoms with Gasteiger partial charge in [0.05, 0.1) is 11.9 Å². The molecule has 0 radical (unpaired) electrons. The normalized spacial score (nSPS) is 12.5. The van der Waals surface area contributed by atoms with Crippen LogP contribution in [-0.2, 0) is 7.05 Å². The Kier molecular flexibility index (Phi) is 5.44. The minimum Gasteiger partial charge on any atom is -0.396 e. The number of aromatic nitrogens is 2. The summed E-state index contributed by atoms with van der Waals surface area (Å²) in [5, 5.41) is 16.0. The van der Waals surface area contributed by atoms with Crippen LogP contribution in [0.2, 0.25) is 5.02 Å². The molecule has 5 nitrogen and oxygen atoms in total. The number of aliphatic hydroxyl groups excluding tert-OH is 1. The van der Waals surface area contributed by atoms with E-state index in [9.17, 15) is 4.79 Å². The molecule has 0 bridgehead atoms. The molecule has 0 aliphatic heterocycles. The van der Waals surface area contributed by atoms with Gasteiger partial charge in [-0.2, -0.15) is 5.10 Å². The van der Waals surface area contributed by atoms with Crippen LogP contribution in [-0.4, -0.2) is 28.0 Å². The van der Waals surface area contributed by atoms with Crippen LogP contribution >= 0.6 is 11.6 Å². The number of nitrogens with one attached hydrogen (secondary N) is 1. The largest absolute Gasteiger partial charge is 0.396 e. The van der Waals surface area contributed by atoms with E-state index in [1.165, 1.54) is 10.9 Å². The molecular weight excluding hydrogens is 242 g/mol. The molecule has 1 atom stereocenters. The number of nitrogens with zero attached hydrogens (tertiary/aromatic N) is 2. The molecule has 1 rings (SSSR count). The van der Waals surface area contributed by atoms with Gasteiger partial charge < -0.3 is 10.4 Å². The number of rotatable bonds is 6. The van der Waals surface area contributed by atoms with Gasteiger partial charge in [0.25, 0.3) is 5.56 Å². The lowest BCUT2D eigenvalue weighted by molar-refractivity contribution is 0.258. The maximum Gasteiger partial charge on any atom is 0.287 e. The topological polar surface area (TPSA) is 67.2 Å². The summed E-state index contributed by atoms with van der Waals surface area (Å²) in [5.74, 6) is 0.361. The van der Waals surface area contributed by atoms with Crippen molar-refractivity contribution in [2.45, 2.75) is 19.8 Å². The third kappa shape index (κ3) is 3.71. The standard InChI is InChI=1S/C11H18ClN3O2/c1-3-8(4-5-16)6-13-9-7-14-15(2)11(17)10(9)12/h7-8,13,16H,3-6H2,1-2H3. The first kappa shape index (κ1) is 14.0. The van der Waals surface area contributed by atoms with E-state index in [1.807, 2.05) is 0 Å². The zero-order valence-corrected chi connectivity index (χ0v) is 10.9. The monoisotopic (exact) mass is 259 g/mol. The molecule has 0 fully saturated rings. The van der Waals surface area contributed by atoms with E-state index >= 15 is 0 Å². The van der Waals surface area contributed by atoms with Crippen molar-refractivity contribution in [1.29, 1.82) is 0 Å². The van der Waals surface area contributed by atoms with Gasteiger partial charge in [0.2, 0.25) is 0 Å². The summed E-state index contributed by atoms with van der Waals surface area (Å²) in [7, 11) is 1.55. The summed E-state index contributed by atoms with van der Waals surface area (Å²) in [5.41, 5.74) is 0.234. The van der Waals surface area contributed by atoms with Gasteiger partial charge in [-0.3, -0.25) is 4.79 Å². The quantitative estimate of drug-likeness (QED) is 0.807. The molecule has 0 saturated carbocycles. The molecule has 0 aliphatic rings. The van der Waals surface area contributed by atoms with Gasteiger partial charge in [0.1, 0.15) is 5.02 Å². The summed E-state index contributed by atoms with van der Waals surface area (Å²) in [6.45, 7) is 2.90. The van der Waals surface area contributed by atoms with E-state index in [1.54, 1.807) is 7.05 Å². The minimum atomic E-state index is -0.313. The second-order valence-corrected chi connectivity index (χ2v) is 4.35. The highest BCUT2D eigenvalue weighted by atomic mass is 35.5. The van der Waals surface area contributed by atoms with Crippen molar-refractivity contribution in [3.63, 3.8) is 0 Å². The van der Waals surface area contributed by atoms with Crippen molar-refractivity contribution in [2.24, 2.45) is 13.0 Å². The minimum absolute atomic E-state index is 0.154. The first-order valence-corrected chi connectivity index (χ1v) is 6.04. The van der Waals surface area contributed by atoms with E-state index in [4.69, 9.17) is 16.7 Å². The van der Waals surface area contributed by atoms with Crippen molar-refractivity contribution in [3.8, 4) is 0 Å². The summed E-state index contributed by atoms with van der Waals surface area (Å²) in [4.78, 5) is 11.5. The average molecular weight is 260 g/mol. The summed E-state index contributed by atoms with van der Waals surface area (Å²) >= 11 is 5.92. The molecule has 17 heavy (non-hydrogen) atoms. The van der Waals surface area contributed by atoms with Crippen LogP contribution < -0.4 is 10.9 Å². The van der Waals surface area contributed by atoms with Gasteiger partial charge in [-0.1, -0.05) is 24.9 Å². The third-order valence-corrected chi connectivity index (χ3v) is 3.14. The highest BCUT2D eigenvalue weighted by Crippen LogP contribution is 2.16. The average Bonchev–Trinajstić information content (AvgIpc) is 2.33. The highest BCUT2D eigenvalue weighted by molar-refractivity contribution is 6.32. The Hall–Kier alpha value is -1.07. The van der Waals surface area contributed by atoms with Gasteiger partial charge in [-0.25, -0.2) is 4.68 Å². The molecule has 0 spiro atoms. The van der Waals surface area contributed by atoms with Crippen LogP contribution in [0, 0.1) is 5.92 Å². The van der Waals surface area contributed by atoms with Crippen molar-refractivity contribution < 1.29 is 5.11 Å². The van der Waals surface area contributed by atoms with E-state index in [-0.39, 0.29) is 17.2 Å². The molecule has 0 amide bonds. The van der Waals surface area contributed by atoms with Gasteiger partial charge in [-0.15, -0.1) is 0 Å². The van der Waals surface area contributed by atoms with E-state index in [0.717, 1.165) is 12.8 Å². The fraction of sp³-hybridized carbons (Fsp3) is 0.636. The maximum atomic E-state index is 11.5. The molecule has 2 N–H and O–H groups in total. The predicted octanol–water partition coefficient (Wildman–Crippen LogP) is 1.25. The molecule has 0 aliphatic carbocycles. The molecule has 1 unspecified atom stereocenters. The molecule has 0 aromatic carbocycles. The third-order valence-electron chi connectivity index (χ3n) is 2.77. The van der Waals surface area contributed by atoms with Crippen molar-refractivity contribution in [3.05, 3.63) is 21.6 Å². The Balaban J connectivity index is 2.69. The molecule has 96 valence electrons. The summed E-state index contributed by atoms with van der Waals surface area (Å²) in [6.07, 6.45) is 3.23. The van der Waals surface area contributed by atoms with Gasteiger partial charge in [0.15, 0.2) is 0 Å².